The topological polar surface area (TPSA) is 61.4 Å². The molecule has 14 heavy (non-hydrogen) atoms. The highest BCUT2D eigenvalue weighted by Gasteiger charge is 2.23. The molecule has 1 aliphatic rings. The van der Waals surface area contributed by atoms with Crippen LogP contribution in [0.4, 0.5) is 4.79 Å². The molecular formula is C10H12N2O2. The van der Waals surface area contributed by atoms with E-state index in [2.05, 4.69) is 10.6 Å². The first-order chi connectivity index (χ1) is 6.66. The van der Waals surface area contributed by atoms with Crippen molar-refractivity contribution < 1.29 is 9.90 Å². The lowest BCUT2D eigenvalue weighted by Gasteiger charge is -2.11. The fourth-order valence-corrected chi connectivity index (χ4v) is 1.60. The Morgan fingerprint density at radius 3 is 2.93 bits per heavy atom. The average molecular weight is 192 g/mol. The minimum atomic E-state index is -0.184. The van der Waals surface area contributed by atoms with Crippen LogP contribution >= 0.6 is 0 Å². The van der Waals surface area contributed by atoms with E-state index in [0.717, 1.165) is 11.1 Å². The molecule has 1 aliphatic heterocycles. The van der Waals surface area contributed by atoms with Gasteiger partial charge in [-0.2, -0.15) is 0 Å². The van der Waals surface area contributed by atoms with Crippen molar-refractivity contribution in [1.82, 2.24) is 10.6 Å². The predicted molar refractivity (Wildman–Crippen MR) is 52.1 cm³/mol. The number of urea groups is 1. The number of phenolic OH excluding ortho intramolecular Hbond substituents is 1. The summed E-state index contributed by atoms with van der Waals surface area (Å²) in [4.78, 5) is 10.9. The van der Waals surface area contributed by atoms with Crippen LogP contribution in [-0.2, 0) is 0 Å². The summed E-state index contributed by atoms with van der Waals surface area (Å²) < 4.78 is 0. The van der Waals surface area contributed by atoms with E-state index in [0.29, 0.717) is 6.54 Å². The molecular weight excluding hydrogens is 180 g/mol. The van der Waals surface area contributed by atoms with Crippen LogP contribution in [0.3, 0.4) is 0 Å². The van der Waals surface area contributed by atoms with Crippen LogP contribution in [0, 0.1) is 6.92 Å². The number of amides is 2. The Hall–Kier alpha value is -1.71. The van der Waals surface area contributed by atoms with Gasteiger partial charge in [0.15, 0.2) is 0 Å². The van der Waals surface area contributed by atoms with E-state index in [-0.39, 0.29) is 17.8 Å². The lowest BCUT2D eigenvalue weighted by molar-refractivity contribution is 0.247. The van der Waals surface area contributed by atoms with Gasteiger partial charge in [0, 0.05) is 12.1 Å². The van der Waals surface area contributed by atoms with E-state index < -0.39 is 0 Å². The highest BCUT2D eigenvalue weighted by atomic mass is 16.3. The zero-order chi connectivity index (χ0) is 10.1. The van der Waals surface area contributed by atoms with Gasteiger partial charge in [0.05, 0.1) is 6.04 Å². The van der Waals surface area contributed by atoms with Gasteiger partial charge in [-0.15, -0.1) is 0 Å². The normalized spacial score (nSPS) is 20.4. The number of aromatic hydroxyl groups is 1. The predicted octanol–water partition coefficient (Wildman–Crippen LogP) is 1.05. The molecule has 0 spiro atoms. The van der Waals surface area contributed by atoms with Crippen molar-refractivity contribution in [2.24, 2.45) is 0 Å². The van der Waals surface area contributed by atoms with Crippen LogP contribution in [0.2, 0.25) is 0 Å². The number of nitrogens with one attached hydrogen (secondary N) is 2. The van der Waals surface area contributed by atoms with Gasteiger partial charge >= 0.3 is 6.03 Å². The maximum absolute atomic E-state index is 10.9. The van der Waals surface area contributed by atoms with Gasteiger partial charge in [-0.25, -0.2) is 4.79 Å². The van der Waals surface area contributed by atoms with Crippen LogP contribution in [0.5, 0.6) is 5.75 Å². The smallest absolute Gasteiger partial charge is 0.315 e. The first kappa shape index (κ1) is 8.87. The number of hydrogen-bond acceptors (Lipinski definition) is 2. The first-order valence-corrected chi connectivity index (χ1v) is 4.50. The summed E-state index contributed by atoms with van der Waals surface area (Å²) in [6.07, 6.45) is 0. The number of carbonyl (C=O) groups excluding carboxylic acids is 1. The minimum absolute atomic E-state index is 0.123. The van der Waals surface area contributed by atoms with Gasteiger partial charge in [-0.1, -0.05) is 17.7 Å². The molecule has 1 heterocycles. The first-order valence-electron chi connectivity index (χ1n) is 4.50. The van der Waals surface area contributed by atoms with Gasteiger partial charge in [-0.05, 0) is 13.0 Å². The minimum Gasteiger partial charge on any atom is -0.508 e. The van der Waals surface area contributed by atoms with Crippen molar-refractivity contribution in [2.75, 3.05) is 6.54 Å². The molecule has 1 fully saturated rings. The van der Waals surface area contributed by atoms with Crippen molar-refractivity contribution in [3.05, 3.63) is 29.3 Å². The van der Waals surface area contributed by atoms with Gasteiger partial charge in [-0.3, -0.25) is 0 Å². The van der Waals surface area contributed by atoms with Crippen molar-refractivity contribution in [1.29, 1.82) is 0 Å². The highest BCUT2D eigenvalue weighted by molar-refractivity contribution is 5.77. The van der Waals surface area contributed by atoms with Crippen LogP contribution in [0.25, 0.3) is 0 Å². The maximum Gasteiger partial charge on any atom is 0.315 e. The van der Waals surface area contributed by atoms with Crippen molar-refractivity contribution in [3.8, 4) is 5.75 Å². The maximum atomic E-state index is 10.9. The lowest BCUT2D eigenvalue weighted by Crippen LogP contribution is -2.21. The molecule has 0 unspecified atom stereocenters. The number of carbonyl (C=O) groups is 1. The van der Waals surface area contributed by atoms with Gasteiger partial charge in [0.1, 0.15) is 5.75 Å². The lowest BCUT2D eigenvalue weighted by atomic mass is 10.0. The van der Waals surface area contributed by atoms with Gasteiger partial charge < -0.3 is 15.7 Å². The van der Waals surface area contributed by atoms with E-state index in [9.17, 15) is 9.90 Å². The summed E-state index contributed by atoms with van der Waals surface area (Å²) >= 11 is 0. The number of rotatable bonds is 1. The zero-order valence-electron chi connectivity index (χ0n) is 7.87. The molecule has 1 aromatic rings. The fraction of sp³-hybridized carbons (Fsp3) is 0.300. The molecule has 0 saturated carbocycles. The molecule has 1 aromatic carbocycles. The Balaban J connectivity index is 2.31. The summed E-state index contributed by atoms with van der Waals surface area (Å²) in [6.45, 7) is 2.48. The summed E-state index contributed by atoms with van der Waals surface area (Å²) in [5, 5.41) is 15.0. The average Bonchev–Trinajstić information content (AvgIpc) is 2.56. The third kappa shape index (κ3) is 1.51. The number of benzene rings is 1. The number of aryl methyl sites for hydroxylation is 1. The fourth-order valence-electron chi connectivity index (χ4n) is 1.60. The molecule has 1 atom stereocenters. The second kappa shape index (κ2) is 3.21. The van der Waals surface area contributed by atoms with Crippen molar-refractivity contribution in [2.45, 2.75) is 13.0 Å². The molecule has 1 saturated heterocycles. The molecule has 2 rings (SSSR count). The molecule has 0 aliphatic carbocycles. The molecule has 74 valence electrons. The highest BCUT2D eigenvalue weighted by Crippen LogP contribution is 2.26. The van der Waals surface area contributed by atoms with E-state index in [1.807, 2.05) is 19.1 Å². The monoisotopic (exact) mass is 192 g/mol. The standard InChI is InChI=1S/C10H12N2O2/c1-6-2-3-9(13)7(4-6)8-5-11-10(14)12-8/h2-4,8,13H,5H2,1H3,(H2,11,12,14)/t8-/m0/s1. The van der Waals surface area contributed by atoms with E-state index in [1.54, 1.807) is 6.07 Å². The third-order valence-corrected chi connectivity index (χ3v) is 2.33. The van der Waals surface area contributed by atoms with Crippen LogP contribution in [0.1, 0.15) is 17.2 Å². The summed E-state index contributed by atoms with van der Waals surface area (Å²) in [5.41, 5.74) is 1.84. The molecule has 3 N–H and O–H groups in total. The van der Waals surface area contributed by atoms with Crippen LogP contribution in [0.15, 0.2) is 18.2 Å². The summed E-state index contributed by atoms with van der Waals surface area (Å²) in [6, 6.07) is 5.06. The van der Waals surface area contributed by atoms with E-state index in [1.165, 1.54) is 0 Å². The van der Waals surface area contributed by atoms with E-state index in [4.69, 9.17) is 0 Å². The Labute approximate surface area is 81.9 Å². The summed E-state index contributed by atoms with van der Waals surface area (Å²) in [5.74, 6) is 0.226. The third-order valence-electron chi connectivity index (χ3n) is 2.33. The number of hydrogen-bond donors (Lipinski definition) is 3. The molecule has 4 heteroatoms. The van der Waals surface area contributed by atoms with Crippen LogP contribution < -0.4 is 10.6 Å². The quantitative estimate of drug-likeness (QED) is 0.623. The Kier molecular flexibility index (Phi) is 2.04. The molecule has 0 radical (unpaired) electrons. The Bertz CT molecular complexity index is 376. The van der Waals surface area contributed by atoms with Gasteiger partial charge in [0.2, 0.25) is 0 Å². The second-order valence-electron chi connectivity index (χ2n) is 3.47. The molecule has 4 nitrogen and oxygen atoms in total. The largest absolute Gasteiger partial charge is 0.508 e. The summed E-state index contributed by atoms with van der Waals surface area (Å²) in [7, 11) is 0. The zero-order valence-corrected chi connectivity index (χ0v) is 7.87. The van der Waals surface area contributed by atoms with Crippen molar-refractivity contribution in [3.63, 3.8) is 0 Å². The van der Waals surface area contributed by atoms with Crippen molar-refractivity contribution >= 4 is 6.03 Å². The molecule has 2 amide bonds. The molecule has 0 aromatic heterocycles. The SMILES string of the molecule is Cc1ccc(O)c([C@@H]2CNC(=O)N2)c1. The molecule has 0 bridgehead atoms. The second-order valence-corrected chi connectivity index (χ2v) is 3.47. The van der Waals surface area contributed by atoms with Crippen LogP contribution in [-0.4, -0.2) is 17.7 Å². The Morgan fingerprint density at radius 2 is 2.29 bits per heavy atom. The van der Waals surface area contributed by atoms with Gasteiger partial charge in [0.25, 0.3) is 0 Å². The van der Waals surface area contributed by atoms with E-state index >= 15 is 0 Å². The Morgan fingerprint density at radius 1 is 1.50 bits per heavy atom. The number of phenols is 1.